The van der Waals surface area contributed by atoms with E-state index in [0.717, 1.165) is 27.5 Å². The molecule has 0 bridgehead atoms. The van der Waals surface area contributed by atoms with Crippen LogP contribution >= 0.6 is 31.9 Å². The van der Waals surface area contributed by atoms with Gasteiger partial charge < -0.3 is 4.74 Å². The molecule has 1 saturated carbocycles. The van der Waals surface area contributed by atoms with Crippen LogP contribution in [0.4, 0.5) is 10.5 Å². The number of amides is 1. The van der Waals surface area contributed by atoms with E-state index in [1.54, 1.807) is 4.90 Å². The zero-order chi connectivity index (χ0) is 13.8. The van der Waals surface area contributed by atoms with Crippen LogP contribution in [0.1, 0.15) is 32.1 Å². The van der Waals surface area contributed by atoms with Crippen molar-refractivity contribution in [2.45, 2.75) is 38.1 Å². The highest BCUT2D eigenvalue weighted by molar-refractivity contribution is 9.11. The van der Waals surface area contributed by atoms with Crippen LogP contribution in [-0.4, -0.2) is 19.2 Å². The number of halogens is 2. The van der Waals surface area contributed by atoms with Crippen molar-refractivity contribution in [3.63, 3.8) is 0 Å². The predicted molar refractivity (Wildman–Crippen MR) is 83.6 cm³/mol. The Balaban J connectivity index is 2.36. The second-order valence-corrected chi connectivity index (χ2v) is 6.50. The van der Waals surface area contributed by atoms with E-state index in [-0.39, 0.29) is 12.1 Å². The Labute approximate surface area is 130 Å². The highest BCUT2D eigenvalue weighted by atomic mass is 79.9. The predicted octanol–water partition coefficient (Wildman–Crippen LogP) is 5.12. The van der Waals surface area contributed by atoms with E-state index < -0.39 is 0 Å². The van der Waals surface area contributed by atoms with Crippen LogP contribution in [0.5, 0.6) is 0 Å². The minimum Gasteiger partial charge on any atom is -0.452 e. The average molecular weight is 391 g/mol. The maximum atomic E-state index is 12.1. The highest BCUT2D eigenvalue weighted by Gasteiger charge is 2.29. The zero-order valence-electron chi connectivity index (χ0n) is 10.9. The Bertz CT molecular complexity index is 459. The van der Waals surface area contributed by atoms with Gasteiger partial charge in [-0.3, -0.25) is 4.90 Å². The first-order valence-corrected chi connectivity index (χ1v) is 8.04. The van der Waals surface area contributed by atoms with Crippen LogP contribution in [0, 0.1) is 0 Å². The molecular formula is C14H17Br2NO2. The second kappa shape index (κ2) is 6.75. The molecule has 0 aliphatic heterocycles. The normalized spacial score (nSPS) is 16.2. The maximum absolute atomic E-state index is 12.1. The number of benzene rings is 1. The summed E-state index contributed by atoms with van der Waals surface area (Å²) in [6, 6.07) is 6.07. The lowest BCUT2D eigenvalue weighted by atomic mass is 9.94. The Morgan fingerprint density at radius 3 is 2.58 bits per heavy atom. The van der Waals surface area contributed by atoms with Gasteiger partial charge in [-0.25, -0.2) is 4.79 Å². The Hall–Kier alpha value is -0.550. The zero-order valence-corrected chi connectivity index (χ0v) is 14.0. The van der Waals surface area contributed by atoms with Crippen molar-refractivity contribution >= 4 is 43.6 Å². The molecule has 0 N–H and O–H groups in total. The molecule has 0 unspecified atom stereocenters. The van der Waals surface area contributed by atoms with Gasteiger partial charge in [-0.2, -0.15) is 0 Å². The van der Waals surface area contributed by atoms with E-state index in [9.17, 15) is 4.79 Å². The molecule has 104 valence electrons. The SMILES string of the molecule is COC(=O)N(c1cc(Br)ccc1Br)C1CCCCC1. The molecule has 1 amide bonds. The monoisotopic (exact) mass is 389 g/mol. The molecule has 3 nitrogen and oxygen atoms in total. The number of ether oxygens (including phenoxy) is 1. The Morgan fingerprint density at radius 2 is 1.95 bits per heavy atom. The molecule has 5 heteroatoms. The maximum Gasteiger partial charge on any atom is 0.414 e. The fourth-order valence-corrected chi connectivity index (χ4v) is 3.34. The van der Waals surface area contributed by atoms with E-state index >= 15 is 0 Å². The summed E-state index contributed by atoms with van der Waals surface area (Å²) in [5, 5.41) is 0. The van der Waals surface area contributed by atoms with Crippen LogP contribution < -0.4 is 4.90 Å². The average Bonchev–Trinajstić information content (AvgIpc) is 2.44. The van der Waals surface area contributed by atoms with Gasteiger partial charge in [0, 0.05) is 15.0 Å². The second-order valence-electron chi connectivity index (χ2n) is 4.73. The number of carbonyl (C=O) groups excluding carboxylic acids is 1. The summed E-state index contributed by atoms with van der Waals surface area (Å²) in [5.41, 5.74) is 0.869. The van der Waals surface area contributed by atoms with Gasteiger partial charge in [0.05, 0.1) is 12.8 Å². The standard InChI is InChI=1S/C14H17Br2NO2/c1-19-14(18)17(11-5-3-2-4-6-11)13-9-10(15)7-8-12(13)16/h7-9,11H,2-6H2,1H3. The van der Waals surface area contributed by atoms with Crippen molar-refractivity contribution in [1.29, 1.82) is 0 Å². The molecular weight excluding hydrogens is 374 g/mol. The molecule has 1 aliphatic carbocycles. The van der Waals surface area contributed by atoms with E-state index in [0.29, 0.717) is 0 Å². The third-order valence-corrected chi connectivity index (χ3v) is 4.64. The number of hydrogen-bond acceptors (Lipinski definition) is 2. The van der Waals surface area contributed by atoms with Crippen LogP contribution in [0.3, 0.4) is 0 Å². The first-order chi connectivity index (χ1) is 9.13. The quantitative estimate of drug-likeness (QED) is 0.701. The van der Waals surface area contributed by atoms with Crippen molar-refractivity contribution in [1.82, 2.24) is 0 Å². The molecule has 1 aromatic carbocycles. The first kappa shape index (κ1) is 14.9. The summed E-state index contributed by atoms with van der Waals surface area (Å²) in [7, 11) is 1.43. The van der Waals surface area contributed by atoms with Gasteiger partial charge in [0.2, 0.25) is 0 Å². The molecule has 1 aromatic rings. The van der Waals surface area contributed by atoms with Crippen molar-refractivity contribution < 1.29 is 9.53 Å². The lowest BCUT2D eigenvalue weighted by Gasteiger charge is -2.33. The van der Waals surface area contributed by atoms with Gasteiger partial charge in [0.15, 0.2) is 0 Å². The Morgan fingerprint density at radius 1 is 1.26 bits per heavy atom. The molecule has 0 saturated heterocycles. The van der Waals surface area contributed by atoms with Gasteiger partial charge in [0.25, 0.3) is 0 Å². The van der Waals surface area contributed by atoms with Crippen molar-refractivity contribution in [2.24, 2.45) is 0 Å². The smallest absolute Gasteiger partial charge is 0.414 e. The number of carbonyl (C=O) groups is 1. The van der Waals surface area contributed by atoms with Crippen molar-refractivity contribution in [2.75, 3.05) is 12.0 Å². The van der Waals surface area contributed by atoms with Gasteiger partial charge >= 0.3 is 6.09 Å². The van der Waals surface area contributed by atoms with Crippen molar-refractivity contribution in [3.05, 3.63) is 27.1 Å². The third kappa shape index (κ3) is 3.51. The van der Waals surface area contributed by atoms with Crippen molar-refractivity contribution in [3.8, 4) is 0 Å². The third-order valence-electron chi connectivity index (χ3n) is 3.48. The summed E-state index contributed by atoms with van der Waals surface area (Å²) < 4.78 is 6.83. The largest absolute Gasteiger partial charge is 0.452 e. The molecule has 1 fully saturated rings. The molecule has 0 atom stereocenters. The minimum atomic E-state index is -0.286. The molecule has 1 aliphatic rings. The topological polar surface area (TPSA) is 29.5 Å². The van der Waals surface area contributed by atoms with Crippen LogP contribution in [-0.2, 0) is 4.74 Å². The summed E-state index contributed by atoms with van der Waals surface area (Å²) in [6.07, 6.45) is 5.38. The summed E-state index contributed by atoms with van der Waals surface area (Å²) in [4.78, 5) is 13.9. The lowest BCUT2D eigenvalue weighted by molar-refractivity contribution is 0.173. The van der Waals surface area contributed by atoms with Gasteiger partial charge in [-0.1, -0.05) is 35.2 Å². The molecule has 2 rings (SSSR count). The van der Waals surface area contributed by atoms with Gasteiger partial charge in [-0.05, 0) is 47.0 Å². The summed E-state index contributed by atoms with van der Waals surface area (Å²) in [6.45, 7) is 0. The number of anilines is 1. The highest BCUT2D eigenvalue weighted by Crippen LogP contribution is 2.34. The Kier molecular flexibility index (Phi) is 5.28. The van der Waals surface area contributed by atoms with Gasteiger partial charge in [0.1, 0.15) is 0 Å². The van der Waals surface area contributed by atoms with Crippen LogP contribution in [0.25, 0.3) is 0 Å². The van der Waals surface area contributed by atoms with Gasteiger partial charge in [-0.15, -0.1) is 0 Å². The number of hydrogen-bond donors (Lipinski definition) is 0. The van der Waals surface area contributed by atoms with Crippen LogP contribution in [0.2, 0.25) is 0 Å². The summed E-state index contributed by atoms with van der Waals surface area (Å²) in [5.74, 6) is 0. The molecule has 0 heterocycles. The molecule has 19 heavy (non-hydrogen) atoms. The van der Waals surface area contributed by atoms with E-state index in [4.69, 9.17) is 4.74 Å². The number of rotatable bonds is 2. The molecule has 0 radical (unpaired) electrons. The fraction of sp³-hybridized carbons (Fsp3) is 0.500. The fourth-order valence-electron chi connectivity index (χ4n) is 2.55. The first-order valence-electron chi connectivity index (χ1n) is 6.45. The summed E-state index contributed by atoms with van der Waals surface area (Å²) >= 11 is 6.98. The van der Waals surface area contributed by atoms with E-state index in [2.05, 4.69) is 31.9 Å². The minimum absolute atomic E-state index is 0.229. The van der Waals surface area contributed by atoms with E-state index in [1.807, 2.05) is 18.2 Å². The lowest BCUT2D eigenvalue weighted by Crippen LogP contribution is -2.41. The molecule has 0 spiro atoms. The van der Waals surface area contributed by atoms with E-state index in [1.165, 1.54) is 26.4 Å². The number of nitrogens with zero attached hydrogens (tertiary/aromatic N) is 1. The number of methoxy groups -OCH3 is 1. The molecule has 0 aromatic heterocycles. The van der Waals surface area contributed by atoms with Crippen LogP contribution in [0.15, 0.2) is 27.1 Å².